The van der Waals surface area contributed by atoms with Crippen LogP contribution in [0.4, 0.5) is 4.39 Å². The molecule has 3 rings (SSSR count). The molecule has 1 N–H and O–H groups in total. The van der Waals surface area contributed by atoms with E-state index in [1.54, 1.807) is 13.2 Å². The fourth-order valence-electron chi connectivity index (χ4n) is 3.19. The zero-order chi connectivity index (χ0) is 18.4. The Bertz CT molecular complexity index is 747. The van der Waals surface area contributed by atoms with Crippen molar-refractivity contribution in [3.8, 4) is 5.75 Å². The molecule has 6 heteroatoms. The largest absolute Gasteiger partial charge is 0.496 e. The fourth-order valence-corrected chi connectivity index (χ4v) is 3.19. The summed E-state index contributed by atoms with van der Waals surface area (Å²) in [6.07, 6.45) is 0. The Morgan fingerprint density at radius 2 is 2.00 bits per heavy atom. The second kappa shape index (κ2) is 8.78. The number of benzene rings is 2. The maximum Gasteiger partial charge on any atom is 0.251 e. The van der Waals surface area contributed by atoms with Gasteiger partial charge in [0.15, 0.2) is 0 Å². The molecule has 2 aromatic rings. The van der Waals surface area contributed by atoms with Crippen LogP contribution in [0.1, 0.15) is 22.0 Å². The van der Waals surface area contributed by atoms with Crippen molar-refractivity contribution < 1.29 is 18.7 Å². The number of nitrogens with zero attached hydrogens (tertiary/aromatic N) is 1. The average molecular weight is 358 g/mol. The minimum Gasteiger partial charge on any atom is -0.496 e. The molecule has 0 bridgehead atoms. The lowest BCUT2D eigenvalue weighted by atomic mass is 10.0. The molecular weight excluding hydrogens is 335 g/mol. The standard InChI is InChI=1S/C20H23FN2O3/c1-25-19-8-3-2-7-17(19)18(23-9-11-26-12-10-23)14-22-20(24)15-5-4-6-16(21)13-15/h2-8,13,18H,9-12,14H2,1H3,(H,22,24). The molecule has 1 atom stereocenters. The van der Waals surface area contributed by atoms with Crippen molar-refractivity contribution in [3.63, 3.8) is 0 Å². The molecular formula is C20H23FN2O3. The molecule has 1 fully saturated rings. The molecule has 1 amide bonds. The Labute approximate surface area is 152 Å². The van der Waals surface area contributed by atoms with E-state index in [9.17, 15) is 9.18 Å². The van der Waals surface area contributed by atoms with Crippen molar-refractivity contribution in [1.82, 2.24) is 10.2 Å². The highest BCUT2D eigenvalue weighted by Crippen LogP contribution is 2.29. The normalized spacial score (nSPS) is 16.1. The summed E-state index contributed by atoms with van der Waals surface area (Å²) in [5.74, 6) is 0.0637. The van der Waals surface area contributed by atoms with Gasteiger partial charge >= 0.3 is 0 Å². The van der Waals surface area contributed by atoms with Gasteiger partial charge in [0, 0.05) is 30.8 Å². The molecule has 0 aromatic heterocycles. The van der Waals surface area contributed by atoms with Gasteiger partial charge in [-0.3, -0.25) is 9.69 Å². The number of carbonyl (C=O) groups excluding carboxylic acids is 1. The number of nitrogens with one attached hydrogen (secondary N) is 1. The molecule has 0 spiro atoms. The number of halogens is 1. The van der Waals surface area contributed by atoms with E-state index in [2.05, 4.69) is 10.2 Å². The number of carbonyl (C=O) groups is 1. The number of hydrogen-bond acceptors (Lipinski definition) is 4. The molecule has 0 radical (unpaired) electrons. The van der Waals surface area contributed by atoms with Crippen molar-refractivity contribution in [2.24, 2.45) is 0 Å². The van der Waals surface area contributed by atoms with Gasteiger partial charge < -0.3 is 14.8 Å². The van der Waals surface area contributed by atoms with Gasteiger partial charge in [0.05, 0.1) is 26.4 Å². The first-order valence-corrected chi connectivity index (χ1v) is 8.67. The fraction of sp³-hybridized carbons (Fsp3) is 0.350. The van der Waals surface area contributed by atoms with E-state index in [1.807, 2.05) is 24.3 Å². The summed E-state index contributed by atoms with van der Waals surface area (Å²) < 4.78 is 24.3. The number of rotatable bonds is 6. The van der Waals surface area contributed by atoms with Crippen molar-refractivity contribution in [3.05, 3.63) is 65.5 Å². The van der Waals surface area contributed by atoms with E-state index >= 15 is 0 Å². The van der Waals surface area contributed by atoms with Gasteiger partial charge in [0.1, 0.15) is 11.6 Å². The van der Waals surface area contributed by atoms with E-state index in [4.69, 9.17) is 9.47 Å². The minimum absolute atomic E-state index is 0.0486. The summed E-state index contributed by atoms with van der Waals surface area (Å²) in [6, 6.07) is 13.4. The average Bonchev–Trinajstić information content (AvgIpc) is 2.69. The first-order chi connectivity index (χ1) is 12.7. The van der Waals surface area contributed by atoms with Crippen molar-refractivity contribution in [2.45, 2.75) is 6.04 Å². The van der Waals surface area contributed by atoms with Crippen LogP contribution in [0.3, 0.4) is 0 Å². The number of morpholine rings is 1. The molecule has 138 valence electrons. The van der Waals surface area contributed by atoms with Gasteiger partial charge in [0.25, 0.3) is 5.91 Å². The molecule has 1 aliphatic heterocycles. The van der Waals surface area contributed by atoms with Gasteiger partial charge in [-0.2, -0.15) is 0 Å². The van der Waals surface area contributed by atoms with Crippen LogP contribution in [-0.4, -0.2) is 50.8 Å². The summed E-state index contributed by atoms with van der Waals surface area (Å²) >= 11 is 0. The smallest absolute Gasteiger partial charge is 0.251 e. The SMILES string of the molecule is COc1ccccc1C(CNC(=O)c1cccc(F)c1)N1CCOCC1. The summed E-state index contributed by atoms with van der Waals surface area (Å²) in [5.41, 5.74) is 1.32. The summed E-state index contributed by atoms with van der Waals surface area (Å²) in [4.78, 5) is 14.7. The van der Waals surface area contributed by atoms with Gasteiger partial charge in [0.2, 0.25) is 0 Å². The first kappa shape index (κ1) is 18.4. The third kappa shape index (κ3) is 4.39. The predicted molar refractivity (Wildman–Crippen MR) is 96.9 cm³/mol. The lowest BCUT2D eigenvalue weighted by Gasteiger charge is -2.35. The lowest BCUT2D eigenvalue weighted by Crippen LogP contribution is -2.44. The predicted octanol–water partition coefficient (Wildman–Crippen LogP) is 2.64. The number of para-hydroxylation sites is 1. The van der Waals surface area contributed by atoms with E-state index in [0.717, 1.165) is 24.4 Å². The molecule has 26 heavy (non-hydrogen) atoms. The molecule has 1 saturated heterocycles. The van der Waals surface area contributed by atoms with Crippen LogP contribution in [0.15, 0.2) is 48.5 Å². The Morgan fingerprint density at radius 3 is 2.73 bits per heavy atom. The van der Waals surface area contributed by atoms with Crippen LogP contribution in [0, 0.1) is 5.82 Å². The van der Waals surface area contributed by atoms with Crippen LogP contribution in [0.2, 0.25) is 0 Å². The molecule has 1 heterocycles. The third-order valence-corrected chi connectivity index (χ3v) is 4.53. The number of hydrogen-bond donors (Lipinski definition) is 1. The van der Waals surface area contributed by atoms with E-state index in [1.165, 1.54) is 18.2 Å². The van der Waals surface area contributed by atoms with E-state index in [0.29, 0.717) is 25.3 Å². The minimum atomic E-state index is -0.424. The number of ether oxygens (including phenoxy) is 2. The highest BCUT2D eigenvalue weighted by atomic mass is 19.1. The van der Waals surface area contributed by atoms with Gasteiger partial charge in [-0.25, -0.2) is 4.39 Å². The first-order valence-electron chi connectivity index (χ1n) is 8.67. The summed E-state index contributed by atoms with van der Waals surface area (Å²) in [5, 5.41) is 2.93. The van der Waals surface area contributed by atoms with Crippen LogP contribution in [-0.2, 0) is 4.74 Å². The topological polar surface area (TPSA) is 50.8 Å². The van der Waals surface area contributed by atoms with Gasteiger partial charge in [-0.05, 0) is 24.3 Å². The maximum atomic E-state index is 13.4. The molecule has 5 nitrogen and oxygen atoms in total. The van der Waals surface area contributed by atoms with Crippen LogP contribution >= 0.6 is 0 Å². The molecule has 2 aromatic carbocycles. The molecule has 1 aliphatic rings. The maximum absolute atomic E-state index is 13.4. The van der Waals surface area contributed by atoms with Crippen LogP contribution in [0.5, 0.6) is 5.75 Å². The number of methoxy groups -OCH3 is 1. The Kier molecular flexibility index (Phi) is 6.20. The quantitative estimate of drug-likeness (QED) is 0.863. The van der Waals surface area contributed by atoms with E-state index < -0.39 is 5.82 Å². The van der Waals surface area contributed by atoms with Crippen molar-refractivity contribution in [2.75, 3.05) is 40.0 Å². The highest BCUT2D eigenvalue weighted by Gasteiger charge is 2.25. The van der Waals surface area contributed by atoms with Crippen molar-refractivity contribution >= 4 is 5.91 Å². The van der Waals surface area contributed by atoms with Crippen LogP contribution in [0.25, 0.3) is 0 Å². The Hall–Kier alpha value is -2.44. The summed E-state index contributed by atoms with van der Waals surface area (Å²) in [7, 11) is 1.64. The Balaban J connectivity index is 1.78. The molecule has 0 saturated carbocycles. The third-order valence-electron chi connectivity index (χ3n) is 4.53. The lowest BCUT2D eigenvalue weighted by molar-refractivity contribution is 0.0157. The second-order valence-electron chi connectivity index (χ2n) is 6.13. The zero-order valence-electron chi connectivity index (χ0n) is 14.8. The molecule has 1 unspecified atom stereocenters. The highest BCUT2D eigenvalue weighted by molar-refractivity contribution is 5.94. The second-order valence-corrected chi connectivity index (χ2v) is 6.13. The van der Waals surface area contributed by atoms with Gasteiger partial charge in [-0.1, -0.05) is 24.3 Å². The van der Waals surface area contributed by atoms with Crippen molar-refractivity contribution in [1.29, 1.82) is 0 Å². The van der Waals surface area contributed by atoms with E-state index in [-0.39, 0.29) is 11.9 Å². The Morgan fingerprint density at radius 1 is 1.23 bits per heavy atom. The molecule has 0 aliphatic carbocycles. The zero-order valence-corrected chi connectivity index (χ0v) is 14.8. The summed E-state index contributed by atoms with van der Waals surface area (Å²) in [6.45, 7) is 3.26. The van der Waals surface area contributed by atoms with Crippen LogP contribution < -0.4 is 10.1 Å². The number of amides is 1. The van der Waals surface area contributed by atoms with Gasteiger partial charge in [-0.15, -0.1) is 0 Å². The monoisotopic (exact) mass is 358 g/mol.